The topological polar surface area (TPSA) is 20.3 Å². The lowest BCUT2D eigenvalue weighted by molar-refractivity contribution is -0.119. The third kappa shape index (κ3) is 1.36. The molecule has 0 N–H and O–H groups in total. The molecular formula is C13H15NO. The summed E-state index contributed by atoms with van der Waals surface area (Å²) in [6.45, 7) is 0.910. The van der Waals surface area contributed by atoms with Gasteiger partial charge in [-0.3, -0.25) is 4.79 Å². The zero-order valence-corrected chi connectivity index (χ0v) is 8.73. The number of hydrogen-bond acceptors (Lipinski definition) is 1. The Labute approximate surface area is 89.9 Å². The third-order valence-corrected chi connectivity index (χ3v) is 3.88. The molecule has 1 aromatic rings. The fourth-order valence-corrected chi connectivity index (χ4v) is 2.81. The predicted molar refractivity (Wildman–Crippen MR) is 58.5 cm³/mol. The molecule has 15 heavy (non-hydrogen) atoms. The van der Waals surface area contributed by atoms with Gasteiger partial charge in [-0.05, 0) is 24.8 Å². The summed E-state index contributed by atoms with van der Waals surface area (Å²) in [6.07, 6.45) is 4.61. The van der Waals surface area contributed by atoms with E-state index < -0.39 is 0 Å². The minimum absolute atomic E-state index is 0.252. The Morgan fingerprint density at radius 1 is 1.27 bits per heavy atom. The first kappa shape index (κ1) is 8.96. The Kier molecular flexibility index (Phi) is 1.84. The van der Waals surface area contributed by atoms with E-state index in [4.69, 9.17) is 0 Å². The summed E-state index contributed by atoms with van der Waals surface area (Å²) in [5.74, 6) is 0.555. The zero-order valence-electron chi connectivity index (χ0n) is 8.73. The Hall–Kier alpha value is -1.31. The molecule has 1 spiro atoms. The van der Waals surface area contributed by atoms with Gasteiger partial charge in [0.25, 0.3) is 0 Å². The molecule has 1 saturated carbocycles. The second-order valence-corrected chi connectivity index (χ2v) is 4.79. The summed E-state index contributed by atoms with van der Waals surface area (Å²) >= 11 is 0. The molecule has 1 unspecified atom stereocenters. The minimum Gasteiger partial charge on any atom is -0.339 e. The lowest BCUT2D eigenvalue weighted by Gasteiger charge is -2.17. The third-order valence-electron chi connectivity index (χ3n) is 3.88. The summed E-state index contributed by atoms with van der Waals surface area (Å²) in [4.78, 5) is 13.0. The zero-order chi connectivity index (χ0) is 10.3. The van der Waals surface area contributed by atoms with Gasteiger partial charge in [-0.1, -0.05) is 30.3 Å². The average Bonchev–Trinajstić information content (AvgIpc) is 2.94. The van der Waals surface area contributed by atoms with Crippen LogP contribution in [0.25, 0.3) is 0 Å². The van der Waals surface area contributed by atoms with Crippen LogP contribution in [0.4, 0.5) is 0 Å². The molecule has 0 aromatic heterocycles. The van der Waals surface area contributed by atoms with Crippen molar-refractivity contribution in [2.75, 3.05) is 6.54 Å². The number of amides is 1. The summed E-state index contributed by atoms with van der Waals surface area (Å²) in [7, 11) is 0. The van der Waals surface area contributed by atoms with E-state index in [2.05, 4.69) is 24.3 Å². The van der Waals surface area contributed by atoms with Crippen LogP contribution >= 0.6 is 0 Å². The highest BCUT2D eigenvalue weighted by Gasteiger charge is 2.53. The molecular weight excluding hydrogens is 186 g/mol. The summed E-state index contributed by atoms with van der Waals surface area (Å²) in [5, 5.41) is 0. The molecule has 2 fully saturated rings. The Morgan fingerprint density at radius 2 is 2.00 bits per heavy atom. The van der Waals surface area contributed by atoms with Gasteiger partial charge in [0, 0.05) is 18.0 Å². The number of rotatable bonds is 2. The van der Waals surface area contributed by atoms with Crippen molar-refractivity contribution in [2.45, 2.75) is 30.7 Å². The molecule has 1 heterocycles. The van der Waals surface area contributed by atoms with Crippen LogP contribution in [-0.2, 0) is 4.79 Å². The van der Waals surface area contributed by atoms with Gasteiger partial charge in [0.15, 0.2) is 0 Å². The summed E-state index contributed by atoms with van der Waals surface area (Å²) in [5.41, 5.74) is 1.63. The van der Waals surface area contributed by atoms with E-state index in [1.165, 1.54) is 18.4 Å². The van der Waals surface area contributed by atoms with E-state index in [-0.39, 0.29) is 5.54 Å². The highest BCUT2D eigenvalue weighted by molar-refractivity contribution is 5.52. The van der Waals surface area contributed by atoms with Gasteiger partial charge in [-0.2, -0.15) is 0 Å². The van der Waals surface area contributed by atoms with Gasteiger partial charge in [-0.15, -0.1) is 0 Å². The molecule has 78 valence electrons. The van der Waals surface area contributed by atoms with Crippen molar-refractivity contribution in [3.63, 3.8) is 0 Å². The first-order chi connectivity index (χ1) is 7.34. The van der Waals surface area contributed by atoms with Crippen LogP contribution in [0.2, 0.25) is 0 Å². The molecule has 1 saturated heterocycles. The van der Waals surface area contributed by atoms with Crippen molar-refractivity contribution in [2.24, 2.45) is 0 Å². The maximum atomic E-state index is 11.0. The molecule has 0 bridgehead atoms. The normalized spacial score (nSPS) is 26.9. The second kappa shape index (κ2) is 3.09. The van der Waals surface area contributed by atoms with Crippen LogP contribution in [0.3, 0.4) is 0 Å². The first-order valence-electron chi connectivity index (χ1n) is 5.61. The first-order valence-corrected chi connectivity index (χ1v) is 5.61. The number of hydrogen-bond donors (Lipinski definition) is 0. The Balaban J connectivity index is 1.84. The second-order valence-electron chi connectivity index (χ2n) is 4.79. The van der Waals surface area contributed by atoms with Gasteiger partial charge in [0.1, 0.15) is 0 Å². The number of benzene rings is 1. The van der Waals surface area contributed by atoms with Crippen LogP contribution in [0.15, 0.2) is 30.3 Å². The number of nitrogens with zero attached hydrogens (tertiary/aromatic N) is 1. The van der Waals surface area contributed by atoms with Crippen LogP contribution in [-0.4, -0.2) is 23.4 Å². The minimum atomic E-state index is 0.252. The molecule has 1 atom stereocenters. The van der Waals surface area contributed by atoms with Crippen molar-refractivity contribution in [1.29, 1.82) is 0 Å². The highest BCUT2D eigenvalue weighted by atomic mass is 16.1. The Morgan fingerprint density at radius 3 is 2.53 bits per heavy atom. The smallest absolute Gasteiger partial charge is 0.210 e. The van der Waals surface area contributed by atoms with Gasteiger partial charge < -0.3 is 4.90 Å². The SMILES string of the molecule is O=CN1CC(c2ccccc2)CC12CC2. The number of carbonyl (C=O) groups is 1. The van der Waals surface area contributed by atoms with E-state index in [9.17, 15) is 4.79 Å². The van der Waals surface area contributed by atoms with Gasteiger partial charge >= 0.3 is 0 Å². The highest BCUT2D eigenvalue weighted by Crippen LogP contribution is 2.53. The fourth-order valence-electron chi connectivity index (χ4n) is 2.81. The molecule has 2 heteroatoms. The van der Waals surface area contributed by atoms with Gasteiger partial charge in [0.05, 0.1) is 0 Å². The average molecular weight is 201 g/mol. The predicted octanol–water partition coefficient (Wildman–Crippen LogP) is 2.16. The van der Waals surface area contributed by atoms with E-state index in [1.54, 1.807) is 0 Å². The lowest BCUT2D eigenvalue weighted by Crippen LogP contribution is -2.29. The van der Waals surface area contributed by atoms with Crippen molar-refractivity contribution >= 4 is 6.41 Å². The molecule has 3 rings (SSSR count). The molecule has 1 aliphatic heterocycles. The van der Waals surface area contributed by atoms with E-state index in [0.29, 0.717) is 5.92 Å². The largest absolute Gasteiger partial charge is 0.339 e. The molecule has 2 nitrogen and oxygen atoms in total. The maximum Gasteiger partial charge on any atom is 0.210 e. The summed E-state index contributed by atoms with van der Waals surface area (Å²) < 4.78 is 0. The fraction of sp³-hybridized carbons (Fsp3) is 0.462. The van der Waals surface area contributed by atoms with Crippen LogP contribution < -0.4 is 0 Å². The van der Waals surface area contributed by atoms with Crippen LogP contribution in [0.1, 0.15) is 30.7 Å². The molecule has 2 aliphatic rings. The Bertz CT molecular complexity index is 369. The van der Waals surface area contributed by atoms with Crippen LogP contribution in [0.5, 0.6) is 0 Å². The maximum absolute atomic E-state index is 11.0. The molecule has 1 aliphatic carbocycles. The van der Waals surface area contributed by atoms with Crippen molar-refractivity contribution in [3.8, 4) is 0 Å². The van der Waals surface area contributed by atoms with Crippen molar-refractivity contribution in [1.82, 2.24) is 4.90 Å². The van der Waals surface area contributed by atoms with E-state index in [1.807, 2.05) is 11.0 Å². The van der Waals surface area contributed by atoms with Crippen molar-refractivity contribution in [3.05, 3.63) is 35.9 Å². The van der Waals surface area contributed by atoms with Gasteiger partial charge in [0.2, 0.25) is 6.41 Å². The standard InChI is InChI=1S/C13H15NO/c15-10-14-9-12(8-13(14)6-7-13)11-4-2-1-3-5-11/h1-5,10,12H,6-9H2. The van der Waals surface area contributed by atoms with Gasteiger partial charge in [-0.25, -0.2) is 0 Å². The molecule has 1 amide bonds. The monoisotopic (exact) mass is 201 g/mol. The van der Waals surface area contributed by atoms with Crippen LogP contribution in [0, 0.1) is 0 Å². The molecule has 1 aromatic carbocycles. The quantitative estimate of drug-likeness (QED) is 0.671. The number of likely N-dealkylation sites (tertiary alicyclic amines) is 1. The van der Waals surface area contributed by atoms with E-state index >= 15 is 0 Å². The molecule has 0 radical (unpaired) electrons. The number of carbonyl (C=O) groups excluding carboxylic acids is 1. The lowest BCUT2D eigenvalue weighted by atomic mass is 9.96. The summed E-state index contributed by atoms with van der Waals surface area (Å²) in [6, 6.07) is 10.6. The van der Waals surface area contributed by atoms with E-state index in [0.717, 1.165) is 19.4 Å². The van der Waals surface area contributed by atoms with Crippen molar-refractivity contribution < 1.29 is 4.79 Å².